The standard InChI is InChI=1S/C22H25N3O2/c1-17-3-5-18(6-4-17)15-22(26)25-13-11-24(12-14-25)21(16-23)19-7-9-20(27-2)10-8-19/h3-10,21H,11-15H2,1-2H3. The lowest BCUT2D eigenvalue weighted by atomic mass is 10.0. The van der Waals surface area contributed by atoms with Crippen LogP contribution >= 0.6 is 0 Å². The summed E-state index contributed by atoms with van der Waals surface area (Å²) in [6.07, 6.45) is 0.431. The number of methoxy groups -OCH3 is 1. The van der Waals surface area contributed by atoms with Crippen LogP contribution in [0.25, 0.3) is 0 Å². The van der Waals surface area contributed by atoms with Crippen molar-refractivity contribution < 1.29 is 9.53 Å². The van der Waals surface area contributed by atoms with E-state index >= 15 is 0 Å². The Morgan fingerprint density at radius 3 is 2.26 bits per heavy atom. The normalized spacial score (nSPS) is 15.8. The highest BCUT2D eigenvalue weighted by molar-refractivity contribution is 5.78. The van der Waals surface area contributed by atoms with E-state index in [1.807, 2.05) is 60.4 Å². The Labute approximate surface area is 160 Å². The molecule has 0 aromatic heterocycles. The molecule has 2 aromatic rings. The third-order valence-corrected chi connectivity index (χ3v) is 5.06. The Kier molecular flexibility index (Phi) is 6.10. The van der Waals surface area contributed by atoms with Crippen LogP contribution in [0.1, 0.15) is 22.7 Å². The lowest BCUT2D eigenvalue weighted by Gasteiger charge is -2.37. The quantitative estimate of drug-likeness (QED) is 0.820. The molecule has 1 unspecified atom stereocenters. The first-order valence-corrected chi connectivity index (χ1v) is 9.21. The topological polar surface area (TPSA) is 56.6 Å². The lowest BCUT2D eigenvalue weighted by molar-refractivity contribution is -0.132. The van der Waals surface area contributed by atoms with Crippen LogP contribution in [0.3, 0.4) is 0 Å². The molecule has 2 aromatic carbocycles. The highest BCUT2D eigenvalue weighted by Crippen LogP contribution is 2.24. The molecular weight excluding hydrogens is 338 g/mol. The first-order chi connectivity index (χ1) is 13.1. The van der Waals surface area contributed by atoms with Crippen molar-refractivity contribution in [3.63, 3.8) is 0 Å². The minimum absolute atomic E-state index is 0.149. The zero-order valence-electron chi connectivity index (χ0n) is 15.9. The molecule has 27 heavy (non-hydrogen) atoms. The lowest BCUT2D eigenvalue weighted by Crippen LogP contribution is -2.49. The molecule has 1 fully saturated rings. The van der Waals surface area contributed by atoms with Gasteiger partial charge in [-0.2, -0.15) is 5.26 Å². The van der Waals surface area contributed by atoms with Crippen LogP contribution in [0.5, 0.6) is 5.75 Å². The monoisotopic (exact) mass is 363 g/mol. The Morgan fingerprint density at radius 1 is 1.07 bits per heavy atom. The smallest absolute Gasteiger partial charge is 0.227 e. The molecule has 0 spiro atoms. The van der Waals surface area contributed by atoms with Gasteiger partial charge in [0.25, 0.3) is 0 Å². The molecule has 1 amide bonds. The average Bonchev–Trinajstić information content (AvgIpc) is 2.71. The molecule has 140 valence electrons. The Bertz CT molecular complexity index is 801. The number of nitriles is 1. The number of carbonyl (C=O) groups is 1. The highest BCUT2D eigenvalue weighted by Gasteiger charge is 2.27. The average molecular weight is 363 g/mol. The summed E-state index contributed by atoms with van der Waals surface area (Å²) in [4.78, 5) is 16.6. The molecular formula is C22H25N3O2. The SMILES string of the molecule is COc1ccc(C(C#N)N2CCN(C(=O)Cc3ccc(C)cc3)CC2)cc1. The number of benzene rings is 2. The summed E-state index contributed by atoms with van der Waals surface area (Å²) in [6.45, 7) is 4.74. The number of hydrogen-bond donors (Lipinski definition) is 0. The predicted octanol–water partition coefficient (Wildman–Crippen LogP) is 2.96. The molecule has 0 aliphatic carbocycles. The van der Waals surface area contributed by atoms with Crippen molar-refractivity contribution in [3.05, 3.63) is 65.2 Å². The van der Waals surface area contributed by atoms with E-state index in [-0.39, 0.29) is 11.9 Å². The van der Waals surface area contributed by atoms with E-state index in [2.05, 4.69) is 11.0 Å². The van der Waals surface area contributed by atoms with Crippen molar-refractivity contribution >= 4 is 5.91 Å². The van der Waals surface area contributed by atoms with E-state index in [4.69, 9.17) is 4.74 Å². The third-order valence-electron chi connectivity index (χ3n) is 5.06. The van der Waals surface area contributed by atoms with Crippen molar-refractivity contribution in [1.82, 2.24) is 9.80 Å². The predicted molar refractivity (Wildman–Crippen MR) is 104 cm³/mol. The van der Waals surface area contributed by atoms with Gasteiger partial charge in [-0.3, -0.25) is 9.69 Å². The molecule has 1 heterocycles. The van der Waals surface area contributed by atoms with Crippen molar-refractivity contribution in [1.29, 1.82) is 5.26 Å². The van der Waals surface area contributed by atoms with Gasteiger partial charge in [-0.15, -0.1) is 0 Å². The summed E-state index contributed by atoms with van der Waals surface area (Å²) in [5, 5.41) is 9.65. The number of hydrogen-bond acceptors (Lipinski definition) is 4. The van der Waals surface area contributed by atoms with Crippen LogP contribution < -0.4 is 4.74 Å². The van der Waals surface area contributed by atoms with E-state index in [0.29, 0.717) is 32.6 Å². The maximum absolute atomic E-state index is 12.6. The van der Waals surface area contributed by atoms with Gasteiger partial charge in [-0.25, -0.2) is 0 Å². The van der Waals surface area contributed by atoms with E-state index in [1.54, 1.807) is 7.11 Å². The largest absolute Gasteiger partial charge is 0.497 e. The van der Waals surface area contributed by atoms with Crippen molar-refractivity contribution in [3.8, 4) is 11.8 Å². The number of aryl methyl sites for hydroxylation is 1. The summed E-state index contributed by atoms with van der Waals surface area (Å²) in [6, 6.07) is 17.8. The van der Waals surface area contributed by atoms with E-state index in [1.165, 1.54) is 5.56 Å². The van der Waals surface area contributed by atoms with Crippen LogP contribution in [0.2, 0.25) is 0 Å². The maximum atomic E-state index is 12.6. The van der Waals surface area contributed by atoms with Crippen LogP contribution in [0.4, 0.5) is 0 Å². The molecule has 0 bridgehead atoms. The van der Waals surface area contributed by atoms with Gasteiger partial charge in [0.15, 0.2) is 0 Å². The number of ether oxygens (including phenoxy) is 1. The van der Waals surface area contributed by atoms with Gasteiger partial charge in [0.05, 0.1) is 19.6 Å². The molecule has 0 saturated carbocycles. The van der Waals surface area contributed by atoms with Gasteiger partial charge < -0.3 is 9.64 Å². The molecule has 3 rings (SSSR count). The van der Waals surface area contributed by atoms with Crippen molar-refractivity contribution in [2.45, 2.75) is 19.4 Å². The second-order valence-electron chi connectivity index (χ2n) is 6.88. The summed E-state index contributed by atoms with van der Waals surface area (Å²) in [7, 11) is 1.63. The van der Waals surface area contributed by atoms with E-state index < -0.39 is 0 Å². The second kappa shape index (κ2) is 8.70. The Hall–Kier alpha value is -2.84. The molecule has 5 heteroatoms. The second-order valence-corrected chi connectivity index (χ2v) is 6.88. The van der Waals surface area contributed by atoms with Gasteiger partial charge in [0.2, 0.25) is 5.91 Å². The van der Waals surface area contributed by atoms with Crippen LogP contribution in [-0.2, 0) is 11.2 Å². The van der Waals surface area contributed by atoms with Gasteiger partial charge in [0, 0.05) is 26.2 Å². The van der Waals surface area contributed by atoms with Crippen LogP contribution in [0.15, 0.2) is 48.5 Å². The minimum Gasteiger partial charge on any atom is -0.497 e. The first kappa shape index (κ1) is 18.9. The van der Waals surface area contributed by atoms with Gasteiger partial charge in [0.1, 0.15) is 11.8 Å². The zero-order chi connectivity index (χ0) is 19.2. The fraction of sp³-hybridized carbons (Fsp3) is 0.364. The van der Waals surface area contributed by atoms with Crippen molar-refractivity contribution in [2.75, 3.05) is 33.3 Å². The molecule has 1 atom stereocenters. The highest BCUT2D eigenvalue weighted by atomic mass is 16.5. The minimum atomic E-state index is -0.301. The first-order valence-electron chi connectivity index (χ1n) is 9.21. The number of rotatable bonds is 5. The van der Waals surface area contributed by atoms with Crippen LogP contribution in [-0.4, -0.2) is 49.0 Å². The summed E-state index contributed by atoms with van der Waals surface area (Å²) in [5.41, 5.74) is 3.19. The third kappa shape index (κ3) is 4.66. The number of carbonyl (C=O) groups excluding carboxylic acids is 1. The van der Waals surface area contributed by atoms with Gasteiger partial charge in [-0.1, -0.05) is 42.0 Å². The Balaban J connectivity index is 1.57. The molecule has 1 aliphatic heterocycles. The number of amides is 1. The van der Waals surface area contributed by atoms with Crippen LogP contribution in [0, 0.1) is 18.3 Å². The number of nitrogens with zero attached hydrogens (tertiary/aromatic N) is 3. The molecule has 5 nitrogen and oxygen atoms in total. The summed E-state index contributed by atoms with van der Waals surface area (Å²) >= 11 is 0. The fourth-order valence-corrected chi connectivity index (χ4v) is 3.38. The van der Waals surface area contributed by atoms with Gasteiger partial charge in [-0.05, 0) is 30.2 Å². The maximum Gasteiger partial charge on any atom is 0.227 e. The van der Waals surface area contributed by atoms with E-state index in [0.717, 1.165) is 16.9 Å². The van der Waals surface area contributed by atoms with E-state index in [9.17, 15) is 10.1 Å². The molecule has 1 saturated heterocycles. The summed E-state index contributed by atoms with van der Waals surface area (Å²) in [5.74, 6) is 0.929. The summed E-state index contributed by atoms with van der Waals surface area (Å²) < 4.78 is 5.18. The number of piperazine rings is 1. The fourth-order valence-electron chi connectivity index (χ4n) is 3.38. The Morgan fingerprint density at radius 2 is 1.70 bits per heavy atom. The zero-order valence-corrected chi connectivity index (χ0v) is 15.9. The molecule has 0 radical (unpaired) electrons. The molecule has 0 N–H and O–H groups in total. The molecule has 1 aliphatic rings. The van der Waals surface area contributed by atoms with Crippen molar-refractivity contribution in [2.24, 2.45) is 0 Å². The van der Waals surface area contributed by atoms with Gasteiger partial charge >= 0.3 is 0 Å².